The third-order valence-corrected chi connectivity index (χ3v) is 4.94. The van der Waals surface area contributed by atoms with E-state index in [0.29, 0.717) is 5.69 Å². The van der Waals surface area contributed by atoms with Crippen LogP contribution < -0.4 is 9.46 Å². The number of benzene rings is 2. The highest BCUT2D eigenvalue weighted by atomic mass is 32.2. The van der Waals surface area contributed by atoms with Gasteiger partial charge in [-0.2, -0.15) is 5.10 Å². The number of nitro benzene ring substituents is 1. The number of rotatable bonds is 6. The van der Waals surface area contributed by atoms with E-state index in [1.165, 1.54) is 19.2 Å². The van der Waals surface area contributed by atoms with Crippen molar-refractivity contribution in [1.29, 1.82) is 0 Å². The summed E-state index contributed by atoms with van der Waals surface area (Å²) in [4.78, 5) is 9.95. The van der Waals surface area contributed by atoms with Gasteiger partial charge in [-0.15, -0.1) is 0 Å². The Kier molecular flexibility index (Phi) is 4.59. The molecule has 10 heteroatoms. The molecule has 1 aromatic heterocycles. The van der Waals surface area contributed by atoms with Crippen molar-refractivity contribution in [1.82, 2.24) is 9.78 Å². The summed E-state index contributed by atoms with van der Waals surface area (Å²) in [5.74, 6) is 0.0104. The second kappa shape index (κ2) is 6.84. The van der Waals surface area contributed by atoms with Crippen LogP contribution in [0.3, 0.4) is 0 Å². The van der Waals surface area contributed by atoms with E-state index >= 15 is 0 Å². The van der Waals surface area contributed by atoms with E-state index in [0.717, 1.165) is 11.8 Å². The molecule has 0 fully saturated rings. The van der Waals surface area contributed by atoms with E-state index in [1.54, 1.807) is 47.4 Å². The van der Waals surface area contributed by atoms with Crippen LogP contribution in [0.15, 0.2) is 65.8 Å². The molecule has 0 aliphatic rings. The number of methoxy groups -OCH3 is 1. The zero-order chi connectivity index (χ0) is 18.7. The van der Waals surface area contributed by atoms with Gasteiger partial charge in [-0.25, -0.2) is 13.1 Å². The summed E-state index contributed by atoms with van der Waals surface area (Å²) in [5, 5.41) is 15.0. The lowest BCUT2D eigenvalue weighted by atomic mass is 10.3. The van der Waals surface area contributed by atoms with E-state index in [4.69, 9.17) is 4.74 Å². The van der Waals surface area contributed by atoms with Crippen molar-refractivity contribution >= 4 is 21.4 Å². The van der Waals surface area contributed by atoms with Crippen LogP contribution in [0, 0.1) is 10.1 Å². The minimum absolute atomic E-state index is 0.0104. The summed E-state index contributed by atoms with van der Waals surface area (Å²) in [6.07, 6.45) is 3.39. The third kappa shape index (κ3) is 3.49. The summed E-state index contributed by atoms with van der Waals surface area (Å²) in [6, 6.07) is 11.7. The Bertz CT molecular complexity index is 1030. The van der Waals surface area contributed by atoms with Crippen LogP contribution in [0.5, 0.6) is 5.75 Å². The van der Waals surface area contributed by atoms with Crippen molar-refractivity contribution in [2.75, 3.05) is 11.8 Å². The SMILES string of the molecule is COc1ccc([N+](=O)[O-])cc1S(=O)(=O)Nc1ccc(-n2cccn2)cc1. The van der Waals surface area contributed by atoms with E-state index in [9.17, 15) is 18.5 Å². The van der Waals surface area contributed by atoms with Gasteiger partial charge in [0.2, 0.25) is 0 Å². The van der Waals surface area contributed by atoms with Gasteiger partial charge in [0.25, 0.3) is 15.7 Å². The van der Waals surface area contributed by atoms with E-state index in [-0.39, 0.29) is 16.3 Å². The molecule has 3 aromatic rings. The predicted molar refractivity (Wildman–Crippen MR) is 94.0 cm³/mol. The maximum Gasteiger partial charge on any atom is 0.271 e. The highest BCUT2D eigenvalue weighted by Gasteiger charge is 2.23. The normalized spacial score (nSPS) is 11.1. The fourth-order valence-electron chi connectivity index (χ4n) is 2.30. The zero-order valence-electron chi connectivity index (χ0n) is 13.6. The Morgan fingerprint density at radius 3 is 2.50 bits per heavy atom. The topological polar surface area (TPSA) is 116 Å². The van der Waals surface area contributed by atoms with Crippen LogP contribution in [0.2, 0.25) is 0 Å². The third-order valence-electron chi connectivity index (χ3n) is 3.54. The number of sulfonamides is 1. The number of non-ortho nitro benzene ring substituents is 1. The van der Waals surface area contributed by atoms with E-state index in [2.05, 4.69) is 9.82 Å². The molecule has 0 unspecified atom stereocenters. The zero-order valence-corrected chi connectivity index (χ0v) is 14.4. The molecule has 0 amide bonds. The minimum Gasteiger partial charge on any atom is -0.495 e. The Hall–Kier alpha value is -3.40. The van der Waals surface area contributed by atoms with Crippen molar-refractivity contribution in [3.8, 4) is 11.4 Å². The molecule has 9 nitrogen and oxygen atoms in total. The lowest BCUT2D eigenvalue weighted by molar-refractivity contribution is -0.385. The van der Waals surface area contributed by atoms with Crippen molar-refractivity contribution < 1.29 is 18.1 Å². The Labute approximate surface area is 149 Å². The van der Waals surface area contributed by atoms with Crippen molar-refractivity contribution in [3.63, 3.8) is 0 Å². The summed E-state index contributed by atoms with van der Waals surface area (Å²) in [7, 11) is -2.79. The quantitative estimate of drug-likeness (QED) is 0.524. The molecular weight excluding hydrogens is 360 g/mol. The van der Waals surface area contributed by atoms with Gasteiger partial charge in [0.1, 0.15) is 10.6 Å². The molecule has 0 radical (unpaired) electrons. The van der Waals surface area contributed by atoms with Gasteiger partial charge in [-0.3, -0.25) is 14.8 Å². The number of hydrogen-bond donors (Lipinski definition) is 1. The molecule has 1 heterocycles. The fraction of sp³-hybridized carbons (Fsp3) is 0.0625. The molecule has 0 saturated carbocycles. The van der Waals surface area contributed by atoms with Gasteiger partial charge in [-0.05, 0) is 36.4 Å². The second-order valence-electron chi connectivity index (χ2n) is 5.20. The van der Waals surface area contributed by atoms with Gasteiger partial charge in [-0.1, -0.05) is 0 Å². The largest absolute Gasteiger partial charge is 0.495 e. The van der Waals surface area contributed by atoms with Crippen LogP contribution in [0.1, 0.15) is 0 Å². The monoisotopic (exact) mass is 374 g/mol. The molecule has 134 valence electrons. The number of anilines is 1. The second-order valence-corrected chi connectivity index (χ2v) is 6.85. The van der Waals surface area contributed by atoms with Gasteiger partial charge >= 0.3 is 0 Å². The lowest BCUT2D eigenvalue weighted by Gasteiger charge is -2.12. The highest BCUT2D eigenvalue weighted by molar-refractivity contribution is 7.92. The number of nitrogens with zero attached hydrogens (tertiary/aromatic N) is 3. The van der Waals surface area contributed by atoms with Gasteiger partial charge in [0, 0.05) is 30.2 Å². The smallest absolute Gasteiger partial charge is 0.271 e. The molecule has 26 heavy (non-hydrogen) atoms. The van der Waals surface area contributed by atoms with Crippen LogP contribution in [-0.4, -0.2) is 30.2 Å². The fourth-order valence-corrected chi connectivity index (χ4v) is 3.55. The predicted octanol–water partition coefficient (Wildman–Crippen LogP) is 2.59. The Balaban J connectivity index is 1.91. The maximum absolute atomic E-state index is 12.6. The van der Waals surface area contributed by atoms with Gasteiger partial charge < -0.3 is 4.74 Å². The first kappa shape index (κ1) is 17.4. The van der Waals surface area contributed by atoms with Crippen LogP contribution in [-0.2, 0) is 10.0 Å². The van der Waals surface area contributed by atoms with Crippen LogP contribution >= 0.6 is 0 Å². The van der Waals surface area contributed by atoms with Crippen molar-refractivity contribution in [2.24, 2.45) is 0 Å². The number of nitrogens with one attached hydrogen (secondary N) is 1. The molecule has 0 aliphatic carbocycles. The summed E-state index contributed by atoms with van der Waals surface area (Å²) in [5.41, 5.74) is 0.709. The molecule has 2 aromatic carbocycles. The number of nitro groups is 1. The average Bonchev–Trinajstić information content (AvgIpc) is 3.16. The molecule has 0 atom stereocenters. The standard InChI is InChI=1S/C16H14N4O5S/c1-25-15-8-7-14(20(21)22)11-16(15)26(23,24)18-12-3-5-13(6-4-12)19-10-2-9-17-19/h2-11,18H,1H3. The maximum atomic E-state index is 12.6. The highest BCUT2D eigenvalue weighted by Crippen LogP contribution is 2.29. The molecule has 0 spiro atoms. The molecular formula is C16H14N4O5S. The van der Waals surface area contributed by atoms with Crippen molar-refractivity contribution in [2.45, 2.75) is 4.90 Å². The molecule has 3 rings (SSSR count). The minimum atomic E-state index is -4.08. The Morgan fingerprint density at radius 2 is 1.92 bits per heavy atom. The van der Waals surface area contributed by atoms with Gasteiger partial charge in [0.05, 0.1) is 17.7 Å². The van der Waals surface area contributed by atoms with Crippen molar-refractivity contribution in [3.05, 3.63) is 71.0 Å². The Morgan fingerprint density at radius 1 is 1.19 bits per heavy atom. The lowest BCUT2D eigenvalue weighted by Crippen LogP contribution is -2.14. The van der Waals surface area contributed by atoms with E-state index in [1.807, 2.05) is 0 Å². The number of hydrogen-bond acceptors (Lipinski definition) is 6. The molecule has 0 aliphatic heterocycles. The first-order valence-electron chi connectivity index (χ1n) is 7.36. The first-order valence-corrected chi connectivity index (χ1v) is 8.84. The summed E-state index contributed by atoms with van der Waals surface area (Å²) >= 11 is 0. The first-order chi connectivity index (χ1) is 12.4. The number of ether oxygens (including phenoxy) is 1. The molecule has 1 N–H and O–H groups in total. The molecule has 0 bridgehead atoms. The van der Waals surface area contributed by atoms with E-state index < -0.39 is 14.9 Å². The molecule has 0 saturated heterocycles. The van der Waals surface area contributed by atoms with Crippen LogP contribution in [0.4, 0.5) is 11.4 Å². The summed E-state index contributed by atoms with van der Waals surface area (Å²) < 4.78 is 34.3. The van der Waals surface area contributed by atoms with Gasteiger partial charge in [0.15, 0.2) is 0 Å². The average molecular weight is 374 g/mol. The summed E-state index contributed by atoms with van der Waals surface area (Å²) in [6.45, 7) is 0. The number of aromatic nitrogens is 2. The van der Waals surface area contributed by atoms with Crippen LogP contribution in [0.25, 0.3) is 5.69 Å².